The number of carbonyl (C=O) groups is 1. The molecule has 0 aliphatic carbocycles. The van der Waals surface area contributed by atoms with Gasteiger partial charge in [0.15, 0.2) is 0 Å². The van der Waals surface area contributed by atoms with E-state index in [0.29, 0.717) is 6.54 Å². The molecule has 2 heterocycles. The van der Waals surface area contributed by atoms with E-state index in [1.54, 1.807) is 18.5 Å². The number of hydrogen-bond acceptors (Lipinski definition) is 6. The van der Waals surface area contributed by atoms with Gasteiger partial charge in [-0.1, -0.05) is 6.07 Å². The number of amides is 1. The fourth-order valence-corrected chi connectivity index (χ4v) is 4.21. The van der Waals surface area contributed by atoms with E-state index < -0.39 is 10.0 Å². The number of aromatic nitrogens is 1. The van der Waals surface area contributed by atoms with Crippen LogP contribution in [0.5, 0.6) is 0 Å². The molecule has 0 bridgehead atoms. The summed E-state index contributed by atoms with van der Waals surface area (Å²) in [4.78, 5) is 17.7. The molecule has 0 atom stereocenters. The number of thiophene rings is 1. The number of likely N-dealkylation sites (N-methyl/N-ethyl adjacent to an activating group) is 1. The van der Waals surface area contributed by atoms with E-state index in [0.717, 1.165) is 22.0 Å². The molecule has 2 aromatic heterocycles. The highest BCUT2D eigenvalue weighted by Gasteiger charge is 2.18. The van der Waals surface area contributed by atoms with Crippen LogP contribution in [-0.4, -0.2) is 37.8 Å². The van der Waals surface area contributed by atoms with Crippen LogP contribution in [-0.2, 0) is 21.4 Å². The van der Waals surface area contributed by atoms with E-state index in [2.05, 4.69) is 9.71 Å². The minimum absolute atomic E-state index is 0.202. The average Bonchev–Trinajstić information content (AvgIpc) is 3.08. The number of hydrogen-bond donors (Lipinski definition) is 1. The van der Waals surface area contributed by atoms with Gasteiger partial charge in [0, 0.05) is 12.4 Å². The highest BCUT2D eigenvalue weighted by Crippen LogP contribution is 2.15. The zero-order chi connectivity index (χ0) is 15.5. The van der Waals surface area contributed by atoms with Gasteiger partial charge < -0.3 is 4.90 Å². The van der Waals surface area contributed by atoms with Gasteiger partial charge >= 0.3 is 0 Å². The van der Waals surface area contributed by atoms with Crippen LogP contribution in [0.3, 0.4) is 0 Å². The number of sulfonamides is 1. The van der Waals surface area contributed by atoms with Gasteiger partial charge in [-0.05, 0) is 18.4 Å². The lowest BCUT2D eigenvalue weighted by Gasteiger charge is -2.16. The third kappa shape index (κ3) is 4.34. The Labute approximate surface area is 131 Å². The standard InChI is InChI=1S/C12H15N3O3S3/c1-9-14-10(8-20-9)7-15(2)11(16)6-13-21(17,18)12-4-3-5-19-12/h3-5,8,13H,6-7H2,1-2H3. The Balaban J connectivity index is 1.89. The van der Waals surface area contributed by atoms with E-state index in [1.807, 2.05) is 12.3 Å². The average molecular weight is 345 g/mol. The molecule has 1 amide bonds. The smallest absolute Gasteiger partial charge is 0.250 e. The van der Waals surface area contributed by atoms with Crippen molar-refractivity contribution in [3.8, 4) is 0 Å². The summed E-state index contributed by atoms with van der Waals surface area (Å²) in [6, 6.07) is 3.15. The molecule has 6 nitrogen and oxygen atoms in total. The lowest BCUT2D eigenvalue weighted by molar-refractivity contribution is -0.129. The van der Waals surface area contributed by atoms with E-state index in [9.17, 15) is 13.2 Å². The van der Waals surface area contributed by atoms with Crippen molar-refractivity contribution >= 4 is 38.6 Å². The van der Waals surface area contributed by atoms with Crippen molar-refractivity contribution in [3.05, 3.63) is 33.6 Å². The third-order valence-corrected chi connectivity index (χ3v) is 6.29. The lowest BCUT2D eigenvalue weighted by Crippen LogP contribution is -2.37. The molecule has 2 aromatic rings. The number of nitrogens with zero attached hydrogens (tertiary/aromatic N) is 2. The van der Waals surface area contributed by atoms with Crippen LogP contribution in [0.2, 0.25) is 0 Å². The first-order valence-electron chi connectivity index (χ1n) is 6.06. The fourth-order valence-electron chi connectivity index (χ4n) is 1.59. The molecule has 114 valence electrons. The normalized spacial score (nSPS) is 11.5. The number of thiazole rings is 1. The minimum atomic E-state index is -3.61. The second-order valence-electron chi connectivity index (χ2n) is 4.36. The van der Waals surface area contributed by atoms with Gasteiger partial charge in [-0.2, -0.15) is 0 Å². The number of carbonyl (C=O) groups excluding carboxylic acids is 1. The van der Waals surface area contributed by atoms with Crippen LogP contribution >= 0.6 is 22.7 Å². The Morgan fingerprint density at radius 3 is 2.76 bits per heavy atom. The maximum Gasteiger partial charge on any atom is 0.250 e. The van der Waals surface area contributed by atoms with Crippen molar-refractivity contribution < 1.29 is 13.2 Å². The van der Waals surface area contributed by atoms with E-state index in [-0.39, 0.29) is 16.7 Å². The van der Waals surface area contributed by atoms with Gasteiger partial charge in [-0.3, -0.25) is 4.79 Å². The molecule has 0 saturated heterocycles. The largest absolute Gasteiger partial charge is 0.339 e. The maximum atomic E-state index is 11.9. The van der Waals surface area contributed by atoms with Crippen molar-refractivity contribution in [2.24, 2.45) is 0 Å². The Morgan fingerprint density at radius 1 is 1.43 bits per heavy atom. The van der Waals surface area contributed by atoms with Crippen LogP contribution in [0, 0.1) is 6.92 Å². The van der Waals surface area contributed by atoms with Crippen LogP contribution in [0.25, 0.3) is 0 Å². The molecule has 0 unspecified atom stereocenters. The van der Waals surface area contributed by atoms with Crippen molar-refractivity contribution in [1.82, 2.24) is 14.6 Å². The van der Waals surface area contributed by atoms with E-state index in [1.165, 1.54) is 22.3 Å². The minimum Gasteiger partial charge on any atom is -0.339 e. The molecule has 0 spiro atoms. The summed E-state index contributed by atoms with van der Waals surface area (Å²) in [6.45, 7) is 1.99. The molecule has 0 fully saturated rings. The van der Waals surface area contributed by atoms with E-state index in [4.69, 9.17) is 0 Å². The number of rotatable bonds is 6. The van der Waals surface area contributed by atoms with Gasteiger partial charge in [0.2, 0.25) is 5.91 Å². The molecule has 2 rings (SSSR count). The number of nitrogens with one attached hydrogen (secondary N) is 1. The monoisotopic (exact) mass is 345 g/mol. The van der Waals surface area contributed by atoms with Crippen molar-refractivity contribution in [2.45, 2.75) is 17.7 Å². The quantitative estimate of drug-likeness (QED) is 0.859. The molecule has 0 radical (unpaired) electrons. The van der Waals surface area contributed by atoms with Crippen molar-refractivity contribution in [1.29, 1.82) is 0 Å². The van der Waals surface area contributed by atoms with Crippen LogP contribution in [0.4, 0.5) is 0 Å². The highest BCUT2D eigenvalue weighted by molar-refractivity contribution is 7.91. The van der Waals surface area contributed by atoms with Gasteiger partial charge in [0.1, 0.15) is 4.21 Å². The predicted octanol–water partition coefficient (Wildman–Crippen LogP) is 1.45. The second kappa shape index (κ2) is 6.65. The Hall–Kier alpha value is -1.29. The molecule has 0 saturated carbocycles. The summed E-state index contributed by atoms with van der Waals surface area (Å²) < 4.78 is 26.3. The van der Waals surface area contributed by atoms with Crippen LogP contribution < -0.4 is 4.72 Å². The molecule has 0 aliphatic heterocycles. The molecular weight excluding hydrogens is 330 g/mol. The molecule has 0 aromatic carbocycles. The highest BCUT2D eigenvalue weighted by atomic mass is 32.2. The Bertz CT molecular complexity index is 707. The lowest BCUT2D eigenvalue weighted by atomic mass is 10.4. The van der Waals surface area contributed by atoms with Crippen LogP contribution in [0.1, 0.15) is 10.7 Å². The molecule has 1 N–H and O–H groups in total. The van der Waals surface area contributed by atoms with Gasteiger partial charge in [-0.25, -0.2) is 18.1 Å². The first-order chi connectivity index (χ1) is 9.88. The summed E-state index contributed by atoms with van der Waals surface area (Å²) in [6.07, 6.45) is 0. The second-order valence-corrected chi connectivity index (χ2v) is 8.37. The van der Waals surface area contributed by atoms with Gasteiger partial charge in [-0.15, -0.1) is 22.7 Å². The SMILES string of the molecule is Cc1nc(CN(C)C(=O)CNS(=O)(=O)c2cccs2)cs1. The fraction of sp³-hybridized carbons (Fsp3) is 0.333. The molecule has 9 heteroatoms. The Kier molecular flexibility index (Phi) is 5.09. The summed E-state index contributed by atoms with van der Waals surface area (Å²) in [7, 11) is -1.99. The van der Waals surface area contributed by atoms with Gasteiger partial charge in [0.25, 0.3) is 10.0 Å². The summed E-state index contributed by atoms with van der Waals surface area (Å²) in [5, 5.41) is 4.49. The van der Waals surface area contributed by atoms with E-state index >= 15 is 0 Å². The topological polar surface area (TPSA) is 79.4 Å². The third-order valence-electron chi connectivity index (χ3n) is 2.66. The Morgan fingerprint density at radius 2 is 2.19 bits per heavy atom. The zero-order valence-electron chi connectivity index (χ0n) is 11.6. The predicted molar refractivity (Wildman–Crippen MR) is 82.8 cm³/mol. The summed E-state index contributed by atoms with van der Waals surface area (Å²) in [5.41, 5.74) is 0.800. The van der Waals surface area contributed by atoms with Gasteiger partial charge in [0.05, 0.1) is 23.8 Å². The summed E-state index contributed by atoms with van der Waals surface area (Å²) in [5.74, 6) is -0.305. The van der Waals surface area contributed by atoms with Crippen molar-refractivity contribution in [2.75, 3.05) is 13.6 Å². The first-order valence-corrected chi connectivity index (χ1v) is 9.31. The number of aryl methyl sites for hydroxylation is 1. The first kappa shape index (κ1) is 16.1. The zero-order valence-corrected chi connectivity index (χ0v) is 14.0. The molecular formula is C12H15N3O3S3. The van der Waals surface area contributed by atoms with Crippen LogP contribution in [0.15, 0.2) is 27.1 Å². The maximum absolute atomic E-state index is 11.9. The van der Waals surface area contributed by atoms with Crippen molar-refractivity contribution in [3.63, 3.8) is 0 Å². The summed E-state index contributed by atoms with van der Waals surface area (Å²) >= 11 is 2.63. The molecule has 0 aliphatic rings. The molecule has 21 heavy (non-hydrogen) atoms.